The average Bonchev–Trinajstić information content (AvgIpc) is 3.07. The lowest BCUT2D eigenvalue weighted by Gasteiger charge is -2.26. The molecule has 0 aromatic heterocycles. The van der Waals surface area contributed by atoms with Crippen molar-refractivity contribution in [2.45, 2.75) is 105 Å². The van der Waals surface area contributed by atoms with E-state index in [1.54, 1.807) is 0 Å². The van der Waals surface area contributed by atoms with E-state index in [0.717, 1.165) is 61.8 Å². The van der Waals surface area contributed by atoms with E-state index in [4.69, 9.17) is 43.4 Å². The topological polar surface area (TPSA) is 43.4 Å². The van der Waals surface area contributed by atoms with Gasteiger partial charge in [-0.05, 0) is 49.9 Å². The molecule has 2 aromatic rings. The molecule has 0 fully saturated rings. The van der Waals surface area contributed by atoms with Gasteiger partial charge in [-0.15, -0.1) is 0 Å². The van der Waals surface area contributed by atoms with Crippen LogP contribution in [0.15, 0.2) is 48.5 Å². The zero-order chi connectivity index (χ0) is 33.2. The summed E-state index contributed by atoms with van der Waals surface area (Å²) in [5.41, 5.74) is 0. The molecule has 2 aromatic carbocycles. The fourth-order valence-electron chi connectivity index (χ4n) is 5.08. The highest BCUT2D eigenvalue weighted by atomic mass is 32.1. The van der Waals surface area contributed by atoms with E-state index in [2.05, 4.69) is 37.5 Å². The molecular weight excluding hydrogens is 613 g/mol. The van der Waals surface area contributed by atoms with E-state index in [-0.39, 0.29) is 0 Å². The minimum absolute atomic E-state index is 0.361. The van der Waals surface area contributed by atoms with Gasteiger partial charge in [0.05, 0.1) is 0 Å². The van der Waals surface area contributed by atoms with Crippen LogP contribution in [0.2, 0.25) is 0 Å². The molecule has 0 unspecified atom stereocenters. The van der Waals surface area contributed by atoms with Crippen molar-refractivity contribution in [1.29, 1.82) is 0 Å². The molecule has 46 heavy (non-hydrogen) atoms. The summed E-state index contributed by atoms with van der Waals surface area (Å²) >= 11 is 11.6. The Morgan fingerprint density at radius 2 is 0.739 bits per heavy atom. The smallest absolute Gasteiger partial charge is 0.161 e. The van der Waals surface area contributed by atoms with E-state index in [0.29, 0.717) is 49.4 Å². The maximum absolute atomic E-state index is 6.18. The standard InChI is InChI=1S/C38H60N2O4S2/c1-5-9-17-25-39(26-18-10-6-2)37(45)31-43-35-23-15-13-21-33(35)41-29-30-42-34-22-14-16-24-36(34)44-32-38(46)40(27-19-11-7-3)28-20-12-8-4/h13-16,21-24H,5-12,17-20,25-32H2,1-4H3. The van der Waals surface area contributed by atoms with Gasteiger partial charge in [-0.25, -0.2) is 0 Å². The summed E-state index contributed by atoms with van der Waals surface area (Å²) in [4.78, 5) is 6.35. The van der Waals surface area contributed by atoms with Crippen LogP contribution >= 0.6 is 24.4 Å². The number of hydrogen-bond acceptors (Lipinski definition) is 6. The molecule has 0 aliphatic rings. The summed E-state index contributed by atoms with van der Waals surface area (Å²) in [5, 5.41) is 0. The highest BCUT2D eigenvalue weighted by molar-refractivity contribution is 7.80. The fraction of sp³-hybridized carbons (Fsp3) is 0.632. The molecule has 0 spiro atoms. The van der Waals surface area contributed by atoms with Crippen LogP contribution in [0.4, 0.5) is 0 Å². The molecule has 0 saturated carbocycles. The highest BCUT2D eigenvalue weighted by Crippen LogP contribution is 2.28. The Morgan fingerprint density at radius 1 is 0.457 bits per heavy atom. The number of thiocarbonyl (C=S) groups is 2. The van der Waals surface area contributed by atoms with Crippen LogP contribution in [0.1, 0.15) is 105 Å². The van der Waals surface area contributed by atoms with Crippen LogP contribution in [0.5, 0.6) is 23.0 Å². The maximum atomic E-state index is 6.18. The van der Waals surface area contributed by atoms with E-state index >= 15 is 0 Å². The van der Waals surface area contributed by atoms with Crippen molar-refractivity contribution in [2.24, 2.45) is 0 Å². The summed E-state index contributed by atoms with van der Waals surface area (Å²) in [5.74, 6) is 2.73. The fourth-order valence-corrected chi connectivity index (χ4v) is 5.56. The minimum Gasteiger partial charge on any atom is -0.486 e. The SMILES string of the molecule is CCCCCN(CCCCC)C(=S)COc1ccccc1OCCOc1ccccc1OCC(=S)N(CCCCC)CCCCC. The highest BCUT2D eigenvalue weighted by Gasteiger charge is 2.14. The average molecular weight is 673 g/mol. The van der Waals surface area contributed by atoms with Crippen LogP contribution in [0, 0.1) is 0 Å². The first-order valence-corrected chi connectivity index (χ1v) is 18.6. The first-order chi connectivity index (χ1) is 22.5. The van der Waals surface area contributed by atoms with Crippen molar-refractivity contribution >= 4 is 34.4 Å². The third-order valence-electron chi connectivity index (χ3n) is 7.83. The molecule has 0 heterocycles. The molecule has 8 heteroatoms. The Balaban J connectivity index is 1.88. The lowest BCUT2D eigenvalue weighted by atomic mass is 10.2. The van der Waals surface area contributed by atoms with Gasteiger partial charge in [-0.2, -0.15) is 0 Å². The van der Waals surface area contributed by atoms with Crippen molar-refractivity contribution in [1.82, 2.24) is 9.80 Å². The van der Waals surface area contributed by atoms with Crippen molar-refractivity contribution in [2.75, 3.05) is 52.6 Å². The van der Waals surface area contributed by atoms with E-state index < -0.39 is 0 Å². The molecular formula is C38H60N2O4S2. The lowest BCUT2D eigenvalue weighted by molar-refractivity contribution is 0.203. The molecule has 0 aliphatic heterocycles. The lowest BCUT2D eigenvalue weighted by Crippen LogP contribution is -2.35. The molecule has 0 amide bonds. The first-order valence-electron chi connectivity index (χ1n) is 17.8. The molecule has 258 valence electrons. The first kappa shape index (κ1) is 39.6. The predicted molar refractivity (Wildman–Crippen MR) is 201 cm³/mol. The Kier molecular flexibility index (Phi) is 22.0. The molecule has 6 nitrogen and oxygen atoms in total. The molecule has 0 aliphatic carbocycles. The van der Waals surface area contributed by atoms with Crippen molar-refractivity contribution in [3.8, 4) is 23.0 Å². The van der Waals surface area contributed by atoms with Crippen LogP contribution in [0.25, 0.3) is 0 Å². The monoisotopic (exact) mass is 672 g/mol. The Bertz CT molecular complexity index is 994. The summed E-state index contributed by atoms with van der Waals surface area (Å²) in [6, 6.07) is 15.5. The second kappa shape index (κ2) is 25.5. The zero-order valence-electron chi connectivity index (χ0n) is 29.1. The number of ether oxygens (including phenoxy) is 4. The van der Waals surface area contributed by atoms with Crippen molar-refractivity contribution < 1.29 is 18.9 Å². The quantitative estimate of drug-likeness (QED) is 0.0687. The van der Waals surface area contributed by atoms with Crippen molar-refractivity contribution in [3.63, 3.8) is 0 Å². The summed E-state index contributed by atoms with van der Waals surface area (Å²) < 4.78 is 24.6. The van der Waals surface area contributed by atoms with Gasteiger partial charge in [0.2, 0.25) is 0 Å². The number of rotatable bonds is 27. The van der Waals surface area contributed by atoms with Gasteiger partial charge in [0, 0.05) is 26.2 Å². The number of hydrogen-bond donors (Lipinski definition) is 0. The number of nitrogens with zero attached hydrogens (tertiary/aromatic N) is 2. The Morgan fingerprint density at radius 3 is 1.02 bits per heavy atom. The third-order valence-corrected chi connectivity index (χ3v) is 8.58. The van der Waals surface area contributed by atoms with Gasteiger partial charge in [-0.3, -0.25) is 0 Å². The molecule has 0 saturated heterocycles. The van der Waals surface area contributed by atoms with Crippen LogP contribution in [-0.4, -0.2) is 72.4 Å². The van der Waals surface area contributed by atoms with E-state index in [9.17, 15) is 0 Å². The van der Waals surface area contributed by atoms with Crippen molar-refractivity contribution in [3.05, 3.63) is 48.5 Å². The van der Waals surface area contributed by atoms with Crippen LogP contribution < -0.4 is 18.9 Å². The van der Waals surface area contributed by atoms with Crippen LogP contribution in [0.3, 0.4) is 0 Å². The van der Waals surface area contributed by atoms with Crippen LogP contribution in [-0.2, 0) is 0 Å². The molecule has 0 N–H and O–H groups in total. The predicted octanol–water partition coefficient (Wildman–Crippen LogP) is 9.92. The summed E-state index contributed by atoms with van der Waals surface area (Å²) in [6.45, 7) is 14.3. The minimum atomic E-state index is 0.361. The Labute approximate surface area is 291 Å². The summed E-state index contributed by atoms with van der Waals surface area (Å²) in [7, 11) is 0. The largest absolute Gasteiger partial charge is 0.486 e. The second-order valence-corrected chi connectivity index (χ2v) is 12.7. The second-order valence-electron chi connectivity index (χ2n) is 11.8. The molecule has 0 atom stereocenters. The van der Waals surface area contributed by atoms with Gasteiger partial charge in [-0.1, -0.05) is 128 Å². The van der Waals surface area contributed by atoms with Gasteiger partial charge in [0.1, 0.15) is 36.4 Å². The summed E-state index contributed by atoms with van der Waals surface area (Å²) in [6.07, 6.45) is 14.3. The number of benzene rings is 2. The zero-order valence-corrected chi connectivity index (χ0v) is 30.7. The number of unbranched alkanes of at least 4 members (excludes halogenated alkanes) is 8. The molecule has 0 radical (unpaired) electrons. The van der Waals surface area contributed by atoms with E-state index in [1.165, 1.54) is 51.4 Å². The number of para-hydroxylation sites is 4. The molecule has 2 rings (SSSR count). The van der Waals surface area contributed by atoms with Gasteiger partial charge >= 0.3 is 0 Å². The van der Waals surface area contributed by atoms with Gasteiger partial charge in [0.25, 0.3) is 0 Å². The Hall–Kier alpha value is -2.58. The normalized spacial score (nSPS) is 10.8. The van der Waals surface area contributed by atoms with Gasteiger partial charge < -0.3 is 28.7 Å². The van der Waals surface area contributed by atoms with E-state index in [1.807, 2.05) is 48.5 Å². The molecule has 0 bridgehead atoms. The van der Waals surface area contributed by atoms with Gasteiger partial charge in [0.15, 0.2) is 23.0 Å². The third kappa shape index (κ3) is 16.3. The maximum Gasteiger partial charge on any atom is 0.161 e.